The Morgan fingerprint density at radius 3 is 2.26 bits per heavy atom. The van der Waals surface area contributed by atoms with E-state index in [9.17, 15) is 14.7 Å². The number of Topliss-reactive ketones (excluding diaryl/α,β-unsaturated/α-hetero) is 1. The molecular formula is C27H24N2O5. The lowest BCUT2D eigenvalue weighted by Crippen LogP contribution is -2.29. The van der Waals surface area contributed by atoms with Crippen LogP contribution in [0.4, 0.5) is 11.4 Å². The summed E-state index contributed by atoms with van der Waals surface area (Å²) in [6, 6.07) is 20.7. The molecule has 0 radical (unpaired) electrons. The lowest BCUT2D eigenvalue weighted by Gasteiger charge is -2.27. The Labute approximate surface area is 197 Å². The third-order valence-electron chi connectivity index (χ3n) is 6.02. The van der Waals surface area contributed by atoms with E-state index in [1.165, 1.54) is 4.90 Å². The Bertz CT molecular complexity index is 1280. The van der Waals surface area contributed by atoms with Crippen molar-refractivity contribution in [3.63, 3.8) is 0 Å². The monoisotopic (exact) mass is 456 g/mol. The molecule has 1 N–H and O–H groups in total. The summed E-state index contributed by atoms with van der Waals surface area (Å²) >= 11 is 0. The number of fused-ring (bicyclic) bond motifs is 1. The zero-order valence-electron chi connectivity index (χ0n) is 18.9. The van der Waals surface area contributed by atoms with Gasteiger partial charge in [0.2, 0.25) is 0 Å². The number of carbonyl (C=O) groups is 2. The molecule has 2 aliphatic rings. The van der Waals surface area contributed by atoms with Crippen LogP contribution in [0.15, 0.2) is 78.4 Å². The summed E-state index contributed by atoms with van der Waals surface area (Å²) in [5, 5.41) is 11.2. The summed E-state index contributed by atoms with van der Waals surface area (Å²) in [4.78, 5) is 30.0. The fourth-order valence-corrected chi connectivity index (χ4v) is 4.30. The van der Waals surface area contributed by atoms with Gasteiger partial charge in [0.05, 0.1) is 11.6 Å². The smallest absolute Gasteiger partial charge is 0.300 e. The van der Waals surface area contributed by atoms with E-state index in [1.807, 2.05) is 49.3 Å². The number of carbonyl (C=O) groups excluding carboxylic acids is 2. The average molecular weight is 456 g/mol. The van der Waals surface area contributed by atoms with Crippen LogP contribution in [0.25, 0.3) is 5.76 Å². The molecule has 3 aromatic rings. The fourth-order valence-electron chi connectivity index (χ4n) is 4.30. The van der Waals surface area contributed by atoms with Crippen molar-refractivity contribution >= 4 is 28.8 Å². The molecule has 1 amide bonds. The molecular weight excluding hydrogens is 432 g/mol. The fraction of sp³-hybridized carbons (Fsp3) is 0.185. The van der Waals surface area contributed by atoms with Crippen molar-refractivity contribution in [3.05, 3.63) is 89.5 Å². The molecule has 2 heterocycles. The Hall–Kier alpha value is -4.26. The Morgan fingerprint density at radius 2 is 1.59 bits per heavy atom. The Kier molecular flexibility index (Phi) is 5.45. The number of hydrogen-bond donors (Lipinski definition) is 1. The maximum atomic E-state index is 13.3. The predicted octanol–water partition coefficient (Wildman–Crippen LogP) is 4.15. The molecule has 0 bridgehead atoms. The molecule has 7 nitrogen and oxygen atoms in total. The number of nitrogens with zero attached hydrogens (tertiary/aromatic N) is 2. The maximum Gasteiger partial charge on any atom is 0.300 e. The highest BCUT2D eigenvalue weighted by Crippen LogP contribution is 2.44. The van der Waals surface area contributed by atoms with Gasteiger partial charge in [0.15, 0.2) is 11.5 Å². The minimum absolute atomic E-state index is 0.0451. The van der Waals surface area contributed by atoms with Gasteiger partial charge in [-0.3, -0.25) is 14.5 Å². The molecule has 0 spiro atoms. The molecule has 0 aromatic heterocycles. The summed E-state index contributed by atoms with van der Waals surface area (Å²) in [7, 11) is 3.87. The Balaban J connectivity index is 1.68. The van der Waals surface area contributed by atoms with Gasteiger partial charge in [0.1, 0.15) is 19.0 Å². The van der Waals surface area contributed by atoms with Gasteiger partial charge in [0, 0.05) is 37.1 Å². The van der Waals surface area contributed by atoms with Crippen molar-refractivity contribution in [3.8, 4) is 11.5 Å². The zero-order valence-corrected chi connectivity index (χ0v) is 18.9. The molecule has 5 rings (SSSR count). The molecule has 0 aliphatic carbocycles. The van der Waals surface area contributed by atoms with Gasteiger partial charge in [-0.05, 0) is 29.8 Å². The summed E-state index contributed by atoms with van der Waals surface area (Å²) in [6.45, 7) is 0.852. The molecule has 1 saturated heterocycles. The van der Waals surface area contributed by atoms with Gasteiger partial charge in [-0.15, -0.1) is 0 Å². The van der Waals surface area contributed by atoms with E-state index >= 15 is 0 Å². The van der Waals surface area contributed by atoms with Gasteiger partial charge in [-0.2, -0.15) is 0 Å². The molecule has 172 valence electrons. The minimum Gasteiger partial charge on any atom is -0.507 e. The number of ether oxygens (including phenoxy) is 2. The molecule has 0 saturated carbocycles. The number of benzene rings is 3. The lowest BCUT2D eigenvalue weighted by atomic mass is 9.95. The van der Waals surface area contributed by atoms with E-state index in [-0.39, 0.29) is 11.3 Å². The van der Waals surface area contributed by atoms with Crippen molar-refractivity contribution in [2.45, 2.75) is 6.04 Å². The predicted molar refractivity (Wildman–Crippen MR) is 129 cm³/mol. The SMILES string of the molecule is CN(C)c1ccc(C2/C(=C(\O)c3ccccc3)C(=O)C(=O)N2c2ccc3c(c2)OCCO3)cc1. The number of aliphatic hydroxyl groups excluding tert-OH is 1. The molecule has 34 heavy (non-hydrogen) atoms. The van der Waals surface area contributed by atoms with Crippen molar-refractivity contribution < 1.29 is 24.2 Å². The van der Waals surface area contributed by atoms with E-state index in [0.717, 1.165) is 5.69 Å². The number of rotatable bonds is 4. The van der Waals surface area contributed by atoms with Crippen LogP contribution in [-0.4, -0.2) is 44.1 Å². The number of ketones is 1. The van der Waals surface area contributed by atoms with E-state index in [4.69, 9.17) is 9.47 Å². The van der Waals surface area contributed by atoms with Gasteiger partial charge in [-0.25, -0.2) is 0 Å². The van der Waals surface area contributed by atoms with Crippen molar-refractivity contribution in [1.29, 1.82) is 0 Å². The van der Waals surface area contributed by atoms with Crippen molar-refractivity contribution in [2.24, 2.45) is 0 Å². The maximum absolute atomic E-state index is 13.3. The van der Waals surface area contributed by atoms with Crippen LogP contribution in [0.1, 0.15) is 17.2 Å². The second kappa shape index (κ2) is 8.59. The van der Waals surface area contributed by atoms with Gasteiger partial charge < -0.3 is 19.5 Å². The highest BCUT2D eigenvalue weighted by Gasteiger charge is 2.47. The van der Waals surface area contributed by atoms with E-state index in [1.54, 1.807) is 42.5 Å². The van der Waals surface area contributed by atoms with Gasteiger partial charge in [-0.1, -0.05) is 42.5 Å². The molecule has 7 heteroatoms. The molecule has 1 atom stereocenters. The van der Waals surface area contributed by atoms with Crippen molar-refractivity contribution in [1.82, 2.24) is 0 Å². The second-order valence-electron chi connectivity index (χ2n) is 8.35. The van der Waals surface area contributed by atoms with E-state index < -0.39 is 17.7 Å². The van der Waals surface area contributed by atoms with Crippen LogP contribution in [0.2, 0.25) is 0 Å². The van der Waals surface area contributed by atoms with Crippen LogP contribution >= 0.6 is 0 Å². The van der Waals surface area contributed by atoms with Crippen molar-refractivity contribution in [2.75, 3.05) is 37.1 Å². The standard InChI is InChI=1S/C27H24N2O5/c1-28(2)19-10-8-17(9-11-19)24-23(25(30)18-6-4-3-5-7-18)26(31)27(32)29(24)20-12-13-21-22(16-20)34-15-14-33-21/h3-13,16,24,30H,14-15H2,1-2H3/b25-23+. The van der Waals surface area contributed by atoms with Crippen LogP contribution in [0, 0.1) is 0 Å². The Morgan fingerprint density at radius 1 is 0.912 bits per heavy atom. The van der Waals surface area contributed by atoms with Crippen LogP contribution in [-0.2, 0) is 9.59 Å². The first-order valence-electron chi connectivity index (χ1n) is 11.0. The van der Waals surface area contributed by atoms with Crippen LogP contribution in [0.5, 0.6) is 11.5 Å². The van der Waals surface area contributed by atoms with E-state index in [0.29, 0.717) is 41.5 Å². The third kappa shape index (κ3) is 3.65. The number of amides is 1. The molecule has 3 aromatic carbocycles. The summed E-state index contributed by atoms with van der Waals surface area (Å²) in [5.41, 5.74) is 2.68. The van der Waals surface area contributed by atoms with Crippen LogP contribution < -0.4 is 19.3 Å². The van der Waals surface area contributed by atoms with E-state index in [2.05, 4.69) is 0 Å². The summed E-state index contributed by atoms with van der Waals surface area (Å²) in [5.74, 6) is -0.562. The van der Waals surface area contributed by atoms with Crippen LogP contribution in [0.3, 0.4) is 0 Å². The first-order valence-corrected chi connectivity index (χ1v) is 11.0. The normalized spacial score (nSPS) is 18.8. The zero-order chi connectivity index (χ0) is 23.8. The van der Waals surface area contributed by atoms with Gasteiger partial charge in [0.25, 0.3) is 11.7 Å². The number of aliphatic hydroxyl groups is 1. The average Bonchev–Trinajstić information content (AvgIpc) is 3.14. The first-order chi connectivity index (χ1) is 16.5. The molecule has 2 aliphatic heterocycles. The number of hydrogen-bond acceptors (Lipinski definition) is 6. The second-order valence-corrected chi connectivity index (χ2v) is 8.35. The largest absolute Gasteiger partial charge is 0.507 e. The third-order valence-corrected chi connectivity index (χ3v) is 6.02. The minimum atomic E-state index is -0.807. The topological polar surface area (TPSA) is 79.3 Å². The first kappa shape index (κ1) is 21.6. The lowest BCUT2D eigenvalue weighted by molar-refractivity contribution is -0.132. The summed E-state index contributed by atoms with van der Waals surface area (Å²) in [6.07, 6.45) is 0. The highest BCUT2D eigenvalue weighted by molar-refractivity contribution is 6.51. The molecule has 1 unspecified atom stereocenters. The van der Waals surface area contributed by atoms with Gasteiger partial charge >= 0.3 is 0 Å². The molecule has 1 fully saturated rings. The quantitative estimate of drug-likeness (QED) is 0.361. The summed E-state index contributed by atoms with van der Waals surface area (Å²) < 4.78 is 11.3. The number of anilines is 2. The highest BCUT2D eigenvalue weighted by atomic mass is 16.6.